The van der Waals surface area contributed by atoms with Gasteiger partial charge in [0.25, 0.3) is 0 Å². The molecule has 0 unspecified atom stereocenters. The van der Waals surface area contributed by atoms with Crippen molar-refractivity contribution >= 4 is 0 Å². The molecule has 0 radical (unpaired) electrons. The number of benzene rings is 4. The maximum absolute atomic E-state index is 12.6. The van der Waals surface area contributed by atoms with Crippen LogP contribution in [0.25, 0.3) is 22.3 Å². The first-order chi connectivity index (χ1) is 12.7. The Balaban J connectivity index is 0.000000187. The van der Waals surface area contributed by atoms with E-state index in [1.807, 2.05) is 60.7 Å². The molecule has 0 aliphatic heterocycles. The summed E-state index contributed by atoms with van der Waals surface area (Å²) in [5.74, 6) is -0.389. The van der Waals surface area contributed by atoms with Crippen molar-refractivity contribution in [2.75, 3.05) is 0 Å². The largest absolute Gasteiger partial charge is 0.412 e. The Labute approximate surface area is 157 Å². The highest BCUT2D eigenvalue weighted by Crippen LogP contribution is 2.19. The second kappa shape index (κ2) is 10.00. The van der Waals surface area contributed by atoms with Crippen molar-refractivity contribution in [3.05, 3.63) is 121 Å². The lowest BCUT2D eigenvalue weighted by Crippen LogP contribution is -1.77. The van der Waals surface area contributed by atoms with Crippen LogP contribution in [0.15, 0.2) is 109 Å². The molecule has 0 heterocycles. The molecule has 0 aromatic heterocycles. The zero-order valence-electron chi connectivity index (χ0n) is 14.6. The molecule has 0 saturated heterocycles. The molecule has 0 saturated carbocycles. The van der Waals surface area contributed by atoms with Gasteiger partial charge in [0.15, 0.2) is 0 Å². The Kier molecular flexibility index (Phi) is 7.41. The smallest absolute Gasteiger partial charge is 0.123 e. The molecule has 4 aromatic rings. The van der Waals surface area contributed by atoms with E-state index < -0.39 is 0 Å². The Bertz CT molecular complexity index is 838. The standard InChI is InChI=1S/2C12H9F.H2O/c2*13-12-8-6-11(7-9-12)10-4-2-1-3-5-10;/h2*1-9H;1H2. The first kappa shape index (κ1) is 20.0. The van der Waals surface area contributed by atoms with Crippen LogP contribution in [0.5, 0.6) is 0 Å². The molecule has 0 bridgehead atoms. The minimum absolute atomic E-state index is 0. The van der Waals surface area contributed by atoms with Crippen molar-refractivity contribution < 1.29 is 14.3 Å². The van der Waals surface area contributed by atoms with Crippen molar-refractivity contribution in [1.82, 2.24) is 0 Å². The first-order valence-corrected chi connectivity index (χ1v) is 8.34. The molecule has 0 spiro atoms. The van der Waals surface area contributed by atoms with E-state index in [4.69, 9.17) is 0 Å². The molecule has 0 fully saturated rings. The van der Waals surface area contributed by atoms with Gasteiger partial charge in [-0.05, 0) is 46.5 Å². The van der Waals surface area contributed by atoms with Crippen molar-refractivity contribution in [3.8, 4) is 22.3 Å². The highest BCUT2D eigenvalue weighted by molar-refractivity contribution is 5.63. The fraction of sp³-hybridized carbons (Fsp3) is 0. The van der Waals surface area contributed by atoms with Crippen LogP contribution in [0.4, 0.5) is 8.78 Å². The second-order valence-corrected chi connectivity index (χ2v) is 5.75. The molecular formula is C24H20F2O. The fourth-order valence-corrected chi connectivity index (χ4v) is 2.55. The summed E-state index contributed by atoms with van der Waals surface area (Å²) in [4.78, 5) is 0. The summed E-state index contributed by atoms with van der Waals surface area (Å²) in [5.41, 5.74) is 4.31. The third-order valence-corrected chi connectivity index (χ3v) is 3.90. The van der Waals surface area contributed by atoms with Gasteiger partial charge in [-0.15, -0.1) is 0 Å². The van der Waals surface area contributed by atoms with Gasteiger partial charge in [-0.2, -0.15) is 0 Å². The van der Waals surface area contributed by atoms with Gasteiger partial charge in [0.1, 0.15) is 11.6 Å². The highest BCUT2D eigenvalue weighted by Gasteiger charge is 1.96. The summed E-state index contributed by atoms with van der Waals surface area (Å²) in [5, 5.41) is 0. The van der Waals surface area contributed by atoms with Crippen molar-refractivity contribution in [3.63, 3.8) is 0 Å². The lowest BCUT2D eigenvalue weighted by molar-refractivity contribution is 0.627. The van der Waals surface area contributed by atoms with Crippen molar-refractivity contribution in [2.45, 2.75) is 0 Å². The SMILES string of the molecule is Fc1ccc(-c2ccccc2)cc1.Fc1ccc(-c2ccccc2)cc1.O. The van der Waals surface area contributed by atoms with Crippen LogP contribution in [0.3, 0.4) is 0 Å². The van der Waals surface area contributed by atoms with Crippen LogP contribution in [0, 0.1) is 11.6 Å². The molecule has 4 aromatic carbocycles. The van der Waals surface area contributed by atoms with E-state index in [0.29, 0.717) is 0 Å². The van der Waals surface area contributed by atoms with Crippen LogP contribution < -0.4 is 0 Å². The normalized spacial score (nSPS) is 9.56. The molecule has 0 atom stereocenters. The van der Waals surface area contributed by atoms with Crippen molar-refractivity contribution in [1.29, 1.82) is 0 Å². The quantitative estimate of drug-likeness (QED) is 0.409. The minimum Gasteiger partial charge on any atom is -0.412 e. The van der Waals surface area contributed by atoms with Crippen molar-refractivity contribution in [2.24, 2.45) is 0 Å². The summed E-state index contributed by atoms with van der Waals surface area (Å²) < 4.78 is 25.2. The molecule has 3 heteroatoms. The molecule has 27 heavy (non-hydrogen) atoms. The van der Waals surface area contributed by atoms with Gasteiger partial charge in [0.2, 0.25) is 0 Å². The van der Waals surface area contributed by atoms with Gasteiger partial charge in [0, 0.05) is 0 Å². The third-order valence-electron chi connectivity index (χ3n) is 3.90. The Morgan fingerprint density at radius 2 is 0.593 bits per heavy atom. The number of halogens is 2. The molecule has 4 rings (SSSR count). The topological polar surface area (TPSA) is 31.5 Å². The van der Waals surface area contributed by atoms with Gasteiger partial charge >= 0.3 is 0 Å². The first-order valence-electron chi connectivity index (χ1n) is 8.34. The summed E-state index contributed by atoms with van der Waals surface area (Å²) in [6, 6.07) is 32.9. The zero-order chi connectivity index (χ0) is 18.2. The van der Waals surface area contributed by atoms with Crippen LogP contribution >= 0.6 is 0 Å². The summed E-state index contributed by atoms with van der Waals surface area (Å²) in [7, 11) is 0. The predicted octanol–water partition coefficient (Wildman–Crippen LogP) is 6.16. The Morgan fingerprint density at radius 1 is 0.333 bits per heavy atom. The van der Waals surface area contributed by atoms with E-state index in [-0.39, 0.29) is 17.1 Å². The van der Waals surface area contributed by atoms with Gasteiger partial charge < -0.3 is 5.48 Å². The van der Waals surface area contributed by atoms with Gasteiger partial charge in [-0.25, -0.2) is 8.78 Å². The number of rotatable bonds is 2. The number of hydrogen-bond donors (Lipinski definition) is 0. The zero-order valence-corrected chi connectivity index (χ0v) is 14.6. The minimum atomic E-state index is -0.195. The molecule has 0 amide bonds. The summed E-state index contributed by atoms with van der Waals surface area (Å²) in [6.45, 7) is 0. The van der Waals surface area contributed by atoms with E-state index in [2.05, 4.69) is 0 Å². The van der Waals surface area contributed by atoms with E-state index >= 15 is 0 Å². The van der Waals surface area contributed by atoms with E-state index in [1.54, 1.807) is 24.3 Å². The monoisotopic (exact) mass is 362 g/mol. The predicted molar refractivity (Wildman–Crippen MR) is 107 cm³/mol. The van der Waals surface area contributed by atoms with Crippen LogP contribution in [-0.2, 0) is 0 Å². The summed E-state index contributed by atoms with van der Waals surface area (Å²) in [6.07, 6.45) is 0. The second-order valence-electron chi connectivity index (χ2n) is 5.75. The lowest BCUT2D eigenvalue weighted by Gasteiger charge is -1.99. The average Bonchev–Trinajstić information content (AvgIpc) is 2.71. The lowest BCUT2D eigenvalue weighted by atomic mass is 10.1. The average molecular weight is 362 g/mol. The molecule has 1 nitrogen and oxygen atoms in total. The van der Waals surface area contributed by atoms with Gasteiger partial charge in [-0.1, -0.05) is 84.9 Å². The molecule has 136 valence electrons. The molecular weight excluding hydrogens is 342 g/mol. The van der Waals surface area contributed by atoms with Gasteiger partial charge in [0.05, 0.1) is 0 Å². The Hall–Kier alpha value is -3.30. The van der Waals surface area contributed by atoms with Crippen LogP contribution in [0.1, 0.15) is 0 Å². The summed E-state index contributed by atoms with van der Waals surface area (Å²) >= 11 is 0. The van der Waals surface area contributed by atoms with E-state index in [0.717, 1.165) is 22.3 Å². The maximum atomic E-state index is 12.6. The molecule has 0 aliphatic carbocycles. The third kappa shape index (κ3) is 5.87. The fourth-order valence-electron chi connectivity index (χ4n) is 2.55. The van der Waals surface area contributed by atoms with E-state index in [9.17, 15) is 8.78 Å². The highest BCUT2D eigenvalue weighted by atomic mass is 19.1. The number of hydrogen-bond acceptors (Lipinski definition) is 0. The Morgan fingerprint density at radius 3 is 0.889 bits per heavy atom. The van der Waals surface area contributed by atoms with Crippen LogP contribution in [-0.4, -0.2) is 5.48 Å². The molecule has 0 aliphatic rings. The maximum Gasteiger partial charge on any atom is 0.123 e. The van der Waals surface area contributed by atoms with Gasteiger partial charge in [-0.3, -0.25) is 0 Å². The van der Waals surface area contributed by atoms with E-state index in [1.165, 1.54) is 24.3 Å². The van der Waals surface area contributed by atoms with Crippen LogP contribution in [0.2, 0.25) is 0 Å². The molecule has 2 N–H and O–H groups in total.